The molecule has 0 saturated heterocycles. The Morgan fingerprint density at radius 2 is 1.65 bits per heavy atom. The fourth-order valence-electron chi connectivity index (χ4n) is 3.83. The molecule has 0 unspecified atom stereocenters. The molecule has 0 spiro atoms. The number of nitrogens with zero attached hydrogens (tertiary/aromatic N) is 3. The molecule has 0 heterocycles. The molecule has 0 aliphatic carbocycles. The van der Waals surface area contributed by atoms with E-state index in [2.05, 4.69) is 56.3 Å². The van der Waals surface area contributed by atoms with Crippen LogP contribution >= 0.6 is 0 Å². The molecule has 11 heteroatoms. The number of carbonyl (C=O) groups is 1. The molecule has 1 amide bonds. The van der Waals surface area contributed by atoms with Crippen molar-refractivity contribution in [2.75, 3.05) is 11.9 Å². The molecule has 202 valence electrons. The molecule has 10 nitrogen and oxygen atoms in total. The highest BCUT2D eigenvalue weighted by atomic mass is 32.2. The minimum absolute atomic E-state index is 0.166. The Morgan fingerprint density at radius 3 is 2.14 bits per heavy atom. The van der Waals surface area contributed by atoms with Crippen LogP contribution in [0, 0.1) is 0 Å². The highest BCUT2D eigenvalue weighted by molar-refractivity contribution is 7.90. The van der Waals surface area contributed by atoms with Gasteiger partial charge in [0.25, 0.3) is 10.0 Å². The second-order valence-electron chi connectivity index (χ2n) is 10.2. The lowest BCUT2D eigenvalue weighted by Crippen LogP contribution is -2.21. The predicted octanol–water partition coefficient (Wildman–Crippen LogP) is 6.62. The SMILES string of the molecule is CCC(C)(C)c1cc(COCCc2cc(S(=O)(=O)N=[N+]=[N-])ccc2NC(=O)O)cc(C(C)(C)CC)c1O. The highest BCUT2D eigenvalue weighted by Crippen LogP contribution is 2.42. The number of azide groups is 1. The number of carboxylic acid groups (broad SMARTS) is 1. The molecule has 0 aliphatic heterocycles. The van der Waals surface area contributed by atoms with E-state index in [0.29, 0.717) is 11.3 Å². The first-order chi connectivity index (χ1) is 17.2. The molecule has 2 rings (SSSR count). The van der Waals surface area contributed by atoms with Gasteiger partial charge in [-0.15, -0.1) is 0 Å². The maximum absolute atomic E-state index is 12.1. The van der Waals surface area contributed by atoms with E-state index in [0.717, 1.165) is 29.5 Å². The van der Waals surface area contributed by atoms with E-state index in [1.807, 2.05) is 12.1 Å². The molecule has 0 saturated carbocycles. The fourth-order valence-corrected chi connectivity index (χ4v) is 4.55. The van der Waals surface area contributed by atoms with Crippen molar-refractivity contribution in [2.24, 2.45) is 4.52 Å². The van der Waals surface area contributed by atoms with Gasteiger partial charge in [0.05, 0.1) is 18.1 Å². The lowest BCUT2D eigenvalue weighted by atomic mass is 9.75. The number of amides is 1. The molecule has 2 aromatic carbocycles. The van der Waals surface area contributed by atoms with Crippen molar-refractivity contribution in [3.05, 3.63) is 63.0 Å². The Hall–Kier alpha value is -3.27. The summed E-state index contributed by atoms with van der Waals surface area (Å²) in [4.78, 5) is 13.3. The largest absolute Gasteiger partial charge is 0.507 e. The highest BCUT2D eigenvalue weighted by Gasteiger charge is 2.29. The Kier molecular flexibility index (Phi) is 9.60. The second-order valence-corrected chi connectivity index (χ2v) is 11.8. The molecule has 0 atom stereocenters. The average Bonchev–Trinajstić information content (AvgIpc) is 2.82. The van der Waals surface area contributed by atoms with Gasteiger partial charge in [-0.1, -0.05) is 41.5 Å². The van der Waals surface area contributed by atoms with E-state index >= 15 is 0 Å². The van der Waals surface area contributed by atoms with Gasteiger partial charge in [0.1, 0.15) is 5.75 Å². The van der Waals surface area contributed by atoms with Crippen molar-refractivity contribution in [1.82, 2.24) is 0 Å². The van der Waals surface area contributed by atoms with E-state index in [-0.39, 0.29) is 41.0 Å². The van der Waals surface area contributed by atoms with Crippen LogP contribution in [0.1, 0.15) is 76.6 Å². The number of hydrogen-bond acceptors (Lipinski definition) is 5. The molecular formula is C26H36N4O6S. The van der Waals surface area contributed by atoms with Gasteiger partial charge >= 0.3 is 6.09 Å². The van der Waals surface area contributed by atoms with E-state index in [1.54, 1.807) is 0 Å². The molecule has 3 N–H and O–H groups in total. The molecule has 0 aliphatic rings. The average molecular weight is 533 g/mol. The van der Waals surface area contributed by atoms with Crippen LogP contribution in [0.15, 0.2) is 39.7 Å². The van der Waals surface area contributed by atoms with Crippen LogP contribution in [-0.4, -0.2) is 31.3 Å². The van der Waals surface area contributed by atoms with E-state index in [9.17, 15) is 18.3 Å². The van der Waals surface area contributed by atoms with Crippen molar-refractivity contribution in [1.29, 1.82) is 0 Å². The number of phenols is 1. The van der Waals surface area contributed by atoms with Crippen molar-refractivity contribution in [2.45, 2.75) is 83.1 Å². The minimum Gasteiger partial charge on any atom is -0.507 e. The first-order valence-electron chi connectivity index (χ1n) is 12.1. The number of sulfonamides is 1. The predicted molar refractivity (Wildman–Crippen MR) is 143 cm³/mol. The number of phenolic OH excluding ortho intramolecular Hbond substituents is 1. The van der Waals surface area contributed by atoms with Gasteiger partial charge in [-0.05, 0) is 77.1 Å². The van der Waals surface area contributed by atoms with Gasteiger partial charge in [0.2, 0.25) is 0 Å². The normalized spacial score (nSPS) is 12.2. The van der Waals surface area contributed by atoms with Crippen molar-refractivity contribution < 1.29 is 28.2 Å². The van der Waals surface area contributed by atoms with Gasteiger partial charge < -0.3 is 14.9 Å². The Labute approximate surface area is 218 Å². The number of rotatable bonds is 12. The minimum atomic E-state index is -4.23. The molecule has 0 aromatic heterocycles. The molecule has 0 fully saturated rings. The smallest absolute Gasteiger partial charge is 0.409 e. The monoisotopic (exact) mass is 532 g/mol. The van der Waals surface area contributed by atoms with Crippen molar-refractivity contribution in [3.8, 4) is 5.75 Å². The van der Waals surface area contributed by atoms with E-state index in [1.165, 1.54) is 18.2 Å². The summed E-state index contributed by atoms with van der Waals surface area (Å²) in [6.07, 6.45) is 0.582. The van der Waals surface area contributed by atoms with Gasteiger partial charge in [0, 0.05) is 26.2 Å². The number of hydrogen-bond donors (Lipinski definition) is 3. The summed E-state index contributed by atoms with van der Waals surface area (Å²) in [7, 11) is -4.23. The topological polar surface area (TPSA) is 162 Å². The summed E-state index contributed by atoms with van der Waals surface area (Å²) in [6, 6.07) is 7.66. The zero-order chi connectivity index (χ0) is 28.0. The fraction of sp³-hybridized carbons (Fsp3) is 0.500. The Morgan fingerprint density at radius 1 is 1.08 bits per heavy atom. The van der Waals surface area contributed by atoms with Gasteiger partial charge in [-0.3, -0.25) is 5.32 Å². The quantitative estimate of drug-likeness (QED) is 0.120. The van der Waals surface area contributed by atoms with Gasteiger partial charge in [-0.2, -0.15) is 0 Å². The summed E-state index contributed by atoms with van der Waals surface area (Å²) in [5.74, 6) is 0.310. The third-order valence-corrected chi connectivity index (χ3v) is 8.08. The Bertz CT molecular complexity index is 1260. The number of anilines is 1. The molecule has 0 bridgehead atoms. The first-order valence-corrected chi connectivity index (χ1v) is 13.5. The summed E-state index contributed by atoms with van der Waals surface area (Å²) in [6.45, 7) is 12.9. The van der Waals surface area contributed by atoms with Crippen LogP contribution in [-0.2, 0) is 38.6 Å². The number of benzene rings is 2. The first kappa shape index (κ1) is 30.0. The van der Waals surface area contributed by atoms with E-state index in [4.69, 9.17) is 15.4 Å². The van der Waals surface area contributed by atoms with Gasteiger partial charge in [-0.25, -0.2) is 13.2 Å². The number of ether oxygens (including phenoxy) is 1. The Balaban J connectivity index is 2.32. The van der Waals surface area contributed by atoms with Crippen LogP contribution in [0.3, 0.4) is 0 Å². The maximum atomic E-state index is 12.1. The van der Waals surface area contributed by atoms with Crippen LogP contribution in [0.2, 0.25) is 0 Å². The van der Waals surface area contributed by atoms with Crippen LogP contribution in [0.4, 0.5) is 10.5 Å². The lowest BCUT2D eigenvalue weighted by Gasteiger charge is -2.31. The zero-order valence-electron chi connectivity index (χ0n) is 22.2. The molecule has 0 radical (unpaired) electrons. The van der Waals surface area contributed by atoms with Crippen molar-refractivity contribution >= 4 is 21.8 Å². The standard InChI is InChI=1S/C26H36N4O6S/c1-7-25(3,4)20-13-17(14-21(23(20)31)26(5,6)8-2)16-36-12-11-18-15-19(37(34,35)30-29-27)9-10-22(18)28-24(32)33/h9-10,13-15,28,31H,7-8,11-12,16H2,1-6H3,(H,32,33). The third kappa shape index (κ3) is 7.38. The number of nitrogens with one attached hydrogen (secondary N) is 1. The third-order valence-electron chi connectivity index (χ3n) is 6.94. The lowest BCUT2D eigenvalue weighted by molar-refractivity contribution is 0.123. The molecular weight excluding hydrogens is 496 g/mol. The molecule has 37 heavy (non-hydrogen) atoms. The summed E-state index contributed by atoms with van der Waals surface area (Å²) >= 11 is 0. The van der Waals surface area contributed by atoms with Crippen LogP contribution in [0.5, 0.6) is 5.75 Å². The van der Waals surface area contributed by atoms with Crippen LogP contribution < -0.4 is 5.32 Å². The summed E-state index contributed by atoms with van der Waals surface area (Å²) in [5.41, 5.74) is 11.2. The van der Waals surface area contributed by atoms with Crippen molar-refractivity contribution in [3.63, 3.8) is 0 Å². The maximum Gasteiger partial charge on any atom is 0.409 e. The van der Waals surface area contributed by atoms with Crippen LogP contribution in [0.25, 0.3) is 10.4 Å². The summed E-state index contributed by atoms with van der Waals surface area (Å²) in [5, 5.41) is 22.5. The van der Waals surface area contributed by atoms with E-state index < -0.39 is 16.1 Å². The van der Waals surface area contributed by atoms with Gasteiger partial charge in [0.15, 0.2) is 0 Å². The molecule has 2 aromatic rings. The number of aromatic hydroxyl groups is 1. The second kappa shape index (κ2) is 11.9. The zero-order valence-corrected chi connectivity index (χ0v) is 23.0. The summed E-state index contributed by atoms with van der Waals surface area (Å²) < 4.78 is 33.0.